The summed E-state index contributed by atoms with van der Waals surface area (Å²) in [6.07, 6.45) is 2.32. The summed E-state index contributed by atoms with van der Waals surface area (Å²) in [4.78, 5) is 2.34. The third-order valence-corrected chi connectivity index (χ3v) is 2.63. The van der Waals surface area contributed by atoms with E-state index in [9.17, 15) is 5.11 Å². The maximum atomic E-state index is 9.48. The Morgan fingerprint density at radius 1 is 1.18 bits per heavy atom. The van der Waals surface area contributed by atoms with Gasteiger partial charge in [-0.15, -0.1) is 0 Å². The molecule has 0 aromatic carbocycles. The van der Waals surface area contributed by atoms with Gasteiger partial charge in [-0.05, 0) is 25.9 Å². The third kappa shape index (κ3) is 1.41. The standard InChI is InChI=1S/C8H15NO2/c10-8-6-11-5-7(8)9-3-1-2-4-9/h7-8,10H,1-6H2/t7-,8+/m0/s1. The lowest BCUT2D eigenvalue weighted by Crippen LogP contribution is -2.41. The molecule has 0 aromatic heterocycles. The molecule has 0 aliphatic carbocycles. The van der Waals surface area contributed by atoms with E-state index in [1.54, 1.807) is 0 Å². The summed E-state index contributed by atoms with van der Waals surface area (Å²) in [5.41, 5.74) is 0. The van der Waals surface area contributed by atoms with E-state index < -0.39 is 0 Å². The zero-order valence-electron chi connectivity index (χ0n) is 6.70. The van der Waals surface area contributed by atoms with E-state index in [1.807, 2.05) is 0 Å². The molecule has 2 heterocycles. The van der Waals surface area contributed by atoms with Gasteiger partial charge >= 0.3 is 0 Å². The molecule has 0 amide bonds. The van der Waals surface area contributed by atoms with Crippen LogP contribution in [0.1, 0.15) is 12.8 Å². The van der Waals surface area contributed by atoms with Crippen molar-refractivity contribution < 1.29 is 9.84 Å². The van der Waals surface area contributed by atoms with E-state index in [-0.39, 0.29) is 12.1 Å². The van der Waals surface area contributed by atoms with Crippen LogP contribution in [0.4, 0.5) is 0 Å². The van der Waals surface area contributed by atoms with Crippen molar-refractivity contribution in [2.75, 3.05) is 26.3 Å². The van der Waals surface area contributed by atoms with Crippen molar-refractivity contribution in [3.05, 3.63) is 0 Å². The van der Waals surface area contributed by atoms with Gasteiger partial charge in [-0.3, -0.25) is 4.90 Å². The molecular weight excluding hydrogens is 142 g/mol. The molecule has 2 aliphatic rings. The van der Waals surface area contributed by atoms with Crippen molar-refractivity contribution in [3.63, 3.8) is 0 Å². The van der Waals surface area contributed by atoms with E-state index in [4.69, 9.17) is 4.74 Å². The first kappa shape index (κ1) is 7.53. The number of aliphatic hydroxyl groups excluding tert-OH is 1. The molecule has 2 atom stereocenters. The van der Waals surface area contributed by atoms with Crippen LogP contribution < -0.4 is 0 Å². The molecule has 2 aliphatic heterocycles. The van der Waals surface area contributed by atoms with Crippen LogP contribution in [0.15, 0.2) is 0 Å². The highest BCUT2D eigenvalue weighted by molar-refractivity contribution is 4.85. The first-order valence-electron chi connectivity index (χ1n) is 4.38. The predicted octanol–water partition coefficient (Wildman–Crippen LogP) is -0.158. The summed E-state index contributed by atoms with van der Waals surface area (Å²) in [5.74, 6) is 0. The summed E-state index contributed by atoms with van der Waals surface area (Å²) in [5, 5.41) is 9.48. The molecule has 0 spiro atoms. The van der Waals surface area contributed by atoms with Crippen LogP contribution in [0.25, 0.3) is 0 Å². The van der Waals surface area contributed by atoms with E-state index >= 15 is 0 Å². The molecule has 2 rings (SSSR count). The van der Waals surface area contributed by atoms with Crippen molar-refractivity contribution in [1.29, 1.82) is 0 Å². The van der Waals surface area contributed by atoms with Crippen LogP contribution in [0.5, 0.6) is 0 Å². The van der Waals surface area contributed by atoms with Gasteiger partial charge < -0.3 is 9.84 Å². The van der Waals surface area contributed by atoms with E-state index in [1.165, 1.54) is 12.8 Å². The molecule has 64 valence electrons. The van der Waals surface area contributed by atoms with Gasteiger partial charge in [0, 0.05) is 0 Å². The largest absolute Gasteiger partial charge is 0.389 e. The zero-order chi connectivity index (χ0) is 7.68. The van der Waals surface area contributed by atoms with Crippen LogP contribution in [0.3, 0.4) is 0 Å². The summed E-state index contributed by atoms with van der Waals surface area (Å²) < 4.78 is 5.19. The quantitative estimate of drug-likeness (QED) is 0.574. The average Bonchev–Trinajstić information content (AvgIpc) is 2.55. The minimum Gasteiger partial charge on any atom is -0.389 e. The van der Waals surface area contributed by atoms with Gasteiger partial charge in [0.05, 0.1) is 25.4 Å². The smallest absolute Gasteiger partial charge is 0.0950 e. The Kier molecular flexibility index (Phi) is 2.11. The Labute approximate surface area is 66.9 Å². The fourth-order valence-electron chi connectivity index (χ4n) is 1.95. The Hall–Kier alpha value is -0.120. The molecule has 1 N–H and O–H groups in total. The van der Waals surface area contributed by atoms with Crippen LogP contribution >= 0.6 is 0 Å². The molecule has 2 saturated heterocycles. The number of rotatable bonds is 1. The summed E-state index contributed by atoms with van der Waals surface area (Å²) in [7, 11) is 0. The molecule has 11 heavy (non-hydrogen) atoms. The highest BCUT2D eigenvalue weighted by atomic mass is 16.5. The average molecular weight is 157 g/mol. The second kappa shape index (κ2) is 3.09. The summed E-state index contributed by atoms with van der Waals surface area (Å²) in [6, 6.07) is 0.289. The maximum Gasteiger partial charge on any atom is 0.0950 e. The summed E-state index contributed by atoms with van der Waals surface area (Å²) in [6.45, 7) is 3.54. The topological polar surface area (TPSA) is 32.7 Å². The monoisotopic (exact) mass is 157 g/mol. The van der Waals surface area contributed by atoms with E-state index in [2.05, 4.69) is 4.90 Å². The number of hydrogen-bond acceptors (Lipinski definition) is 3. The van der Waals surface area contributed by atoms with Crippen LogP contribution in [0.2, 0.25) is 0 Å². The lowest BCUT2D eigenvalue weighted by molar-refractivity contribution is 0.0948. The third-order valence-electron chi connectivity index (χ3n) is 2.63. The van der Waals surface area contributed by atoms with Gasteiger partial charge in [0.25, 0.3) is 0 Å². The minimum atomic E-state index is -0.243. The number of nitrogens with zero attached hydrogens (tertiary/aromatic N) is 1. The van der Waals surface area contributed by atoms with Crippen molar-refractivity contribution >= 4 is 0 Å². The molecule has 2 fully saturated rings. The molecular formula is C8H15NO2. The van der Waals surface area contributed by atoms with Crippen molar-refractivity contribution in [1.82, 2.24) is 4.90 Å². The second-order valence-corrected chi connectivity index (χ2v) is 3.42. The van der Waals surface area contributed by atoms with Crippen molar-refractivity contribution in [2.24, 2.45) is 0 Å². The van der Waals surface area contributed by atoms with E-state index in [0.29, 0.717) is 6.61 Å². The lowest BCUT2D eigenvalue weighted by Gasteiger charge is -2.24. The first-order valence-corrected chi connectivity index (χ1v) is 4.38. The number of aliphatic hydroxyl groups is 1. The molecule has 0 aromatic rings. The highest BCUT2D eigenvalue weighted by Crippen LogP contribution is 2.18. The van der Waals surface area contributed by atoms with Crippen LogP contribution in [-0.4, -0.2) is 48.5 Å². The Balaban J connectivity index is 1.92. The van der Waals surface area contributed by atoms with Crippen LogP contribution in [-0.2, 0) is 4.74 Å². The highest BCUT2D eigenvalue weighted by Gasteiger charge is 2.32. The van der Waals surface area contributed by atoms with Crippen molar-refractivity contribution in [3.8, 4) is 0 Å². The molecule has 0 bridgehead atoms. The van der Waals surface area contributed by atoms with E-state index in [0.717, 1.165) is 19.7 Å². The van der Waals surface area contributed by atoms with Crippen LogP contribution in [0, 0.1) is 0 Å². The number of hydrogen-bond donors (Lipinski definition) is 1. The second-order valence-electron chi connectivity index (χ2n) is 3.42. The van der Waals surface area contributed by atoms with Gasteiger partial charge in [-0.1, -0.05) is 0 Å². The van der Waals surface area contributed by atoms with Gasteiger partial charge in [-0.25, -0.2) is 0 Å². The SMILES string of the molecule is O[C@@H]1COC[C@@H]1N1CCCC1. The lowest BCUT2D eigenvalue weighted by atomic mass is 10.2. The zero-order valence-corrected chi connectivity index (χ0v) is 6.70. The van der Waals surface area contributed by atoms with Gasteiger partial charge in [0.1, 0.15) is 0 Å². The maximum absolute atomic E-state index is 9.48. The molecule has 0 unspecified atom stereocenters. The summed E-state index contributed by atoms with van der Waals surface area (Å²) >= 11 is 0. The van der Waals surface area contributed by atoms with Gasteiger partial charge in [0.15, 0.2) is 0 Å². The number of ether oxygens (including phenoxy) is 1. The number of likely N-dealkylation sites (tertiary alicyclic amines) is 1. The molecule has 3 heteroatoms. The predicted molar refractivity (Wildman–Crippen MR) is 41.4 cm³/mol. The Bertz CT molecular complexity index is 134. The van der Waals surface area contributed by atoms with Gasteiger partial charge in [-0.2, -0.15) is 0 Å². The molecule has 3 nitrogen and oxygen atoms in total. The molecule has 0 radical (unpaired) electrons. The fraction of sp³-hybridized carbons (Fsp3) is 1.00. The fourth-order valence-corrected chi connectivity index (χ4v) is 1.95. The Morgan fingerprint density at radius 2 is 1.91 bits per heavy atom. The van der Waals surface area contributed by atoms with Crippen molar-refractivity contribution in [2.45, 2.75) is 25.0 Å². The Morgan fingerprint density at radius 3 is 2.45 bits per heavy atom. The normalized spacial score (nSPS) is 40.1. The molecule has 0 saturated carbocycles. The van der Waals surface area contributed by atoms with Gasteiger partial charge in [0.2, 0.25) is 0 Å². The first-order chi connectivity index (χ1) is 5.38. The minimum absolute atomic E-state index is 0.243.